The normalized spacial score (nSPS) is 19.2. The molecular formula is C17H16F3N3O2. The van der Waals surface area contributed by atoms with E-state index in [1.165, 1.54) is 17.8 Å². The molecule has 1 aliphatic carbocycles. The largest absolute Gasteiger partial charge is 0.574 e. The minimum Gasteiger partial charge on any atom is -0.388 e. The molecule has 8 heteroatoms. The zero-order valence-corrected chi connectivity index (χ0v) is 13.1. The first-order valence-electron chi connectivity index (χ1n) is 7.71. The van der Waals surface area contributed by atoms with E-state index in [2.05, 4.69) is 20.4 Å². The molecule has 0 saturated heterocycles. The van der Waals surface area contributed by atoms with Gasteiger partial charge < -0.3 is 15.4 Å². The van der Waals surface area contributed by atoms with Crippen molar-refractivity contribution in [2.75, 3.05) is 0 Å². The topological polar surface area (TPSA) is 63.2 Å². The molecule has 2 amide bonds. The van der Waals surface area contributed by atoms with Crippen molar-refractivity contribution >= 4 is 6.03 Å². The summed E-state index contributed by atoms with van der Waals surface area (Å²) in [4.78, 5) is 15.4. The smallest absolute Gasteiger partial charge is 0.388 e. The Morgan fingerprint density at radius 3 is 2.72 bits per heavy atom. The number of carbonyl (C=O) groups excluding carboxylic acids is 1. The molecule has 1 aromatic carbocycles. The fourth-order valence-corrected chi connectivity index (χ4v) is 2.56. The number of nitrogens with one attached hydrogen (secondary N) is 2. The molecule has 0 unspecified atom stereocenters. The van der Waals surface area contributed by atoms with Gasteiger partial charge in [0.2, 0.25) is 5.88 Å². The van der Waals surface area contributed by atoms with E-state index >= 15 is 0 Å². The lowest BCUT2D eigenvalue weighted by atomic mass is 10.1. The van der Waals surface area contributed by atoms with Gasteiger partial charge in [-0.05, 0) is 23.6 Å². The van der Waals surface area contributed by atoms with Gasteiger partial charge in [0.15, 0.2) is 0 Å². The predicted octanol–water partition coefficient (Wildman–Crippen LogP) is 3.34. The van der Waals surface area contributed by atoms with E-state index in [0.717, 1.165) is 12.5 Å². The number of amides is 2. The summed E-state index contributed by atoms with van der Waals surface area (Å²) in [5, 5.41) is 5.47. The van der Waals surface area contributed by atoms with Crippen LogP contribution in [0.5, 0.6) is 5.88 Å². The third-order valence-corrected chi connectivity index (χ3v) is 3.81. The molecule has 2 aromatic rings. The molecule has 1 saturated carbocycles. The van der Waals surface area contributed by atoms with Crippen molar-refractivity contribution in [3.8, 4) is 5.88 Å². The standard InChI is InChI=1S/C17H16F3N3O2/c18-17(19,20)25-15-8-11(6-7-21-15)10-22-16(24)23-14-9-13(14)12-4-2-1-3-5-12/h1-8,13-14H,9-10H2,(H2,22,23,24)/t13-,14+/m0/s1. The number of urea groups is 1. The van der Waals surface area contributed by atoms with Gasteiger partial charge in [-0.1, -0.05) is 30.3 Å². The van der Waals surface area contributed by atoms with Crippen molar-refractivity contribution in [2.45, 2.75) is 31.3 Å². The number of halogens is 3. The van der Waals surface area contributed by atoms with Crippen LogP contribution >= 0.6 is 0 Å². The van der Waals surface area contributed by atoms with Crippen molar-refractivity contribution in [1.82, 2.24) is 15.6 Å². The van der Waals surface area contributed by atoms with E-state index in [9.17, 15) is 18.0 Å². The molecule has 2 atom stereocenters. The van der Waals surface area contributed by atoms with Crippen molar-refractivity contribution < 1.29 is 22.7 Å². The SMILES string of the molecule is O=C(NCc1ccnc(OC(F)(F)F)c1)N[C@@H]1C[C@H]1c1ccccc1. The van der Waals surface area contributed by atoms with E-state index in [0.29, 0.717) is 11.5 Å². The lowest BCUT2D eigenvalue weighted by Gasteiger charge is -2.10. The summed E-state index contributed by atoms with van der Waals surface area (Å²) in [7, 11) is 0. The Labute approximate surface area is 142 Å². The lowest BCUT2D eigenvalue weighted by Crippen LogP contribution is -2.36. The second-order valence-corrected chi connectivity index (χ2v) is 5.74. The van der Waals surface area contributed by atoms with Crippen LogP contribution < -0.4 is 15.4 Å². The number of alkyl halides is 3. The van der Waals surface area contributed by atoms with Gasteiger partial charge in [-0.25, -0.2) is 9.78 Å². The van der Waals surface area contributed by atoms with Crippen molar-refractivity contribution in [2.24, 2.45) is 0 Å². The second kappa shape index (κ2) is 7.00. The van der Waals surface area contributed by atoms with Crippen molar-refractivity contribution in [3.63, 3.8) is 0 Å². The summed E-state index contributed by atoms with van der Waals surface area (Å²) in [5.41, 5.74) is 1.63. The number of benzene rings is 1. The molecule has 1 aliphatic rings. The first-order chi connectivity index (χ1) is 11.9. The highest BCUT2D eigenvalue weighted by molar-refractivity contribution is 5.74. The molecule has 5 nitrogen and oxygen atoms in total. The molecule has 25 heavy (non-hydrogen) atoms. The number of aromatic nitrogens is 1. The van der Waals surface area contributed by atoms with Gasteiger partial charge in [-0.15, -0.1) is 13.2 Å². The number of ether oxygens (including phenoxy) is 1. The Morgan fingerprint density at radius 1 is 1.24 bits per heavy atom. The Bertz CT molecular complexity index is 737. The van der Waals surface area contributed by atoms with Crippen LogP contribution in [-0.2, 0) is 6.54 Å². The number of rotatable bonds is 5. The van der Waals surface area contributed by atoms with Crippen LogP contribution in [0.25, 0.3) is 0 Å². The fourth-order valence-electron chi connectivity index (χ4n) is 2.56. The number of pyridine rings is 1. The molecule has 1 fully saturated rings. The van der Waals surface area contributed by atoms with Gasteiger partial charge in [0.1, 0.15) is 0 Å². The molecule has 0 radical (unpaired) electrons. The molecule has 1 aromatic heterocycles. The minimum absolute atomic E-state index is 0.0731. The summed E-state index contributed by atoms with van der Waals surface area (Å²) in [5.74, 6) is -0.252. The molecule has 2 N–H and O–H groups in total. The lowest BCUT2D eigenvalue weighted by molar-refractivity contribution is -0.276. The summed E-state index contributed by atoms with van der Waals surface area (Å²) < 4.78 is 40.3. The monoisotopic (exact) mass is 351 g/mol. The summed E-state index contributed by atoms with van der Waals surface area (Å²) >= 11 is 0. The number of hydrogen-bond donors (Lipinski definition) is 2. The molecule has 132 valence electrons. The van der Waals surface area contributed by atoms with E-state index in [1.54, 1.807) is 0 Å². The Morgan fingerprint density at radius 2 is 2.00 bits per heavy atom. The van der Waals surface area contributed by atoms with Gasteiger partial charge >= 0.3 is 12.4 Å². The highest BCUT2D eigenvalue weighted by Crippen LogP contribution is 2.40. The van der Waals surface area contributed by atoms with Crippen LogP contribution in [0, 0.1) is 0 Å². The highest BCUT2D eigenvalue weighted by atomic mass is 19.4. The van der Waals surface area contributed by atoms with Crippen LogP contribution in [0.3, 0.4) is 0 Å². The quantitative estimate of drug-likeness (QED) is 0.868. The van der Waals surface area contributed by atoms with E-state index in [1.807, 2.05) is 30.3 Å². The Kier molecular flexibility index (Phi) is 4.78. The van der Waals surface area contributed by atoms with Gasteiger partial charge in [0.25, 0.3) is 0 Å². The van der Waals surface area contributed by atoms with E-state index < -0.39 is 12.2 Å². The molecule has 0 bridgehead atoms. The molecular weight excluding hydrogens is 335 g/mol. The van der Waals surface area contributed by atoms with Crippen LogP contribution in [0.1, 0.15) is 23.5 Å². The molecule has 0 spiro atoms. The van der Waals surface area contributed by atoms with E-state index in [-0.39, 0.29) is 18.6 Å². The zero-order chi connectivity index (χ0) is 17.9. The first-order valence-corrected chi connectivity index (χ1v) is 7.71. The average molecular weight is 351 g/mol. The third kappa shape index (κ3) is 5.10. The van der Waals surface area contributed by atoms with Crippen LogP contribution in [0.2, 0.25) is 0 Å². The summed E-state index contributed by atoms with van der Waals surface area (Å²) in [6, 6.07) is 12.2. The van der Waals surface area contributed by atoms with Gasteiger partial charge in [-0.2, -0.15) is 0 Å². The molecule has 1 heterocycles. The van der Waals surface area contributed by atoms with Gasteiger partial charge in [-0.3, -0.25) is 0 Å². The second-order valence-electron chi connectivity index (χ2n) is 5.74. The zero-order valence-electron chi connectivity index (χ0n) is 13.1. The summed E-state index contributed by atoms with van der Waals surface area (Å²) in [6.07, 6.45) is -2.73. The van der Waals surface area contributed by atoms with Crippen LogP contribution in [0.4, 0.5) is 18.0 Å². The maximum absolute atomic E-state index is 12.2. The number of nitrogens with zero attached hydrogens (tertiary/aromatic N) is 1. The van der Waals surface area contributed by atoms with Crippen LogP contribution in [-0.4, -0.2) is 23.4 Å². The predicted molar refractivity (Wildman–Crippen MR) is 83.9 cm³/mol. The van der Waals surface area contributed by atoms with Crippen molar-refractivity contribution in [3.05, 3.63) is 59.8 Å². The Hall–Kier alpha value is -2.77. The molecule has 3 rings (SSSR count). The maximum atomic E-state index is 12.2. The fraction of sp³-hybridized carbons (Fsp3) is 0.294. The number of carbonyl (C=O) groups is 1. The Balaban J connectivity index is 1.46. The third-order valence-electron chi connectivity index (χ3n) is 3.81. The highest BCUT2D eigenvalue weighted by Gasteiger charge is 2.39. The minimum atomic E-state index is -4.80. The van der Waals surface area contributed by atoms with Crippen LogP contribution in [0.15, 0.2) is 48.7 Å². The van der Waals surface area contributed by atoms with E-state index in [4.69, 9.17) is 0 Å². The number of hydrogen-bond acceptors (Lipinski definition) is 3. The molecule has 0 aliphatic heterocycles. The van der Waals surface area contributed by atoms with Gasteiger partial charge in [0.05, 0.1) is 0 Å². The van der Waals surface area contributed by atoms with Gasteiger partial charge in [0, 0.05) is 30.8 Å². The first kappa shape index (κ1) is 17.1. The summed E-state index contributed by atoms with van der Waals surface area (Å²) in [6.45, 7) is 0.0747. The van der Waals surface area contributed by atoms with Crippen molar-refractivity contribution in [1.29, 1.82) is 0 Å². The maximum Gasteiger partial charge on any atom is 0.574 e. The average Bonchev–Trinajstić information content (AvgIpc) is 3.32.